The Kier molecular flexibility index (Phi) is 4.20. The molecule has 0 saturated heterocycles. The van der Waals surface area contributed by atoms with Crippen LogP contribution in [-0.2, 0) is 6.54 Å². The van der Waals surface area contributed by atoms with Crippen LogP contribution in [0.4, 0.5) is 0 Å². The van der Waals surface area contributed by atoms with Crippen LogP contribution < -0.4 is 4.80 Å². The monoisotopic (exact) mass is 310 g/mol. The first-order chi connectivity index (χ1) is 10.7. The van der Waals surface area contributed by atoms with Gasteiger partial charge in [0.1, 0.15) is 0 Å². The minimum atomic E-state index is -0.180. The van der Waals surface area contributed by atoms with Crippen LogP contribution in [0.5, 0.6) is 0 Å². The molecule has 22 heavy (non-hydrogen) atoms. The molecule has 3 rings (SSSR count). The van der Waals surface area contributed by atoms with Crippen molar-refractivity contribution < 1.29 is 4.79 Å². The molecular formula is C18H18N2OS. The summed E-state index contributed by atoms with van der Waals surface area (Å²) in [7, 11) is 0. The van der Waals surface area contributed by atoms with Gasteiger partial charge in [0.15, 0.2) is 4.80 Å². The Balaban J connectivity index is 2.12. The Hall–Kier alpha value is -2.20. The van der Waals surface area contributed by atoms with Gasteiger partial charge in [0.2, 0.25) is 0 Å². The van der Waals surface area contributed by atoms with Crippen LogP contribution in [0.25, 0.3) is 10.2 Å². The first-order valence-corrected chi connectivity index (χ1v) is 8.25. The Bertz CT molecular complexity index is 889. The smallest absolute Gasteiger partial charge is 0.279 e. The molecule has 0 spiro atoms. The molecular weight excluding hydrogens is 292 g/mol. The molecule has 0 bridgehead atoms. The van der Waals surface area contributed by atoms with Gasteiger partial charge >= 0.3 is 0 Å². The number of rotatable bonds is 3. The van der Waals surface area contributed by atoms with E-state index in [0.29, 0.717) is 5.56 Å². The van der Waals surface area contributed by atoms with E-state index < -0.39 is 0 Å². The lowest BCUT2D eigenvalue weighted by molar-refractivity contribution is 0.0997. The van der Waals surface area contributed by atoms with Crippen LogP contribution in [0.1, 0.15) is 29.3 Å². The quantitative estimate of drug-likeness (QED) is 0.715. The molecule has 1 amide bonds. The first kappa shape index (κ1) is 14.7. The highest BCUT2D eigenvalue weighted by Gasteiger charge is 2.08. The van der Waals surface area contributed by atoms with E-state index in [1.807, 2.05) is 43.3 Å². The first-order valence-electron chi connectivity index (χ1n) is 7.43. The van der Waals surface area contributed by atoms with E-state index in [2.05, 4.69) is 28.6 Å². The number of hydrogen-bond donors (Lipinski definition) is 0. The number of carbonyl (C=O) groups excluding carboxylic acids is 1. The topological polar surface area (TPSA) is 34.4 Å². The van der Waals surface area contributed by atoms with E-state index in [-0.39, 0.29) is 5.91 Å². The van der Waals surface area contributed by atoms with Gasteiger partial charge in [0.05, 0.1) is 10.2 Å². The lowest BCUT2D eigenvalue weighted by Crippen LogP contribution is -2.16. The number of fused-ring (bicyclic) bond motifs is 1. The normalized spacial score (nSPS) is 12.0. The Labute approximate surface area is 133 Å². The summed E-state index contributed by atoms with van der Waals surface area (Å²) in [6.07, 6.45) is 1.01. The van der Waals surface area contributed by atoms with E-state index in [1.54, 1.807) is 11.3 Å². The molecule has 2 aromatic carbocycles. The van der Waals surface area contributed by atoms with Crippen LogP contribution in [0, 0.1) is 6.92 Å². The van der Waals surface area contributed by atoms with Crippen LogP contribution in [0.2, 0.25) is 0 Å². The largest absolute Gasteiger partial charge is 0.316 e. The number of benzene rings is 2. The van der Waals surface area contributed by atoms with Crippen molar-refractivity contribution in [2.24, 2.45) is 4.99 Å². The highest BCUT2D eigenvalue weighted by molar-refractivity contribution is 7.16. The molecule has 0 saturated carbocycles. The molecule has 0 aliphatic carbocycles. The molecule has 1 aromatic heterocycles. The third-order valence-electron chi connectivity index (χ3n) is 3.50. The standard InChI is InChI=1S/C18H18N2OS/c1-3-11-20-15-9-4-5-10-16(15)22-18(20)19-17(21)14-8-6-7-13(2)12-14/h4-10,12H,3,11H2,1-2H3. The lowest BCUT2D eigenvalue weighted by Gasteiger charge is -2.02. The number of thiazole rings is 1. The second kappa shape index (κ2) is 6.28. The van der Waals surface area contributed by atoms with E-state index in [4.69, 9.17) is 0 Å². The van der Waals surface area contributed by atoms with Crippen molar-refractivity contribution in [3.8, 4) is 0 Å². The molecule has 0 atom stereocenters. The summed E-state index contributed by atoms with van der Waals surface area (Å²) in [5.41, 5.74) is 2.85. The molecule has 3 aromatic rings. The molecule has 1 heterocycles. The Morgan fingerprint density at radius 1 is 1.18 bits per heavy atom. The van der Waals surface area contributed by atoms with Gasteiger partial charge in [-0.15, -0.1) is 0 Å². The van der Waals surface area contributed by atoms with Crippen LogP contribution >= 0.6 is 11.3 Å². The van der Waals surface area contributed by atoms with Gasteiger partial charge < -0.3 is 4.57 Å². The number of aromatic nitrogens is 1. The predicted molar refractivity (Wildman–Crippen MR) is 91.2 cm³/mol. The summed E-state index contributed by atoms with van der Waals surface area (Å²) in [5, 5.41) is 0. The molecule has 0 aliphatic heterocycles. The molecule has 0 unspecified atom stereocenters. The third kappa shape index (κ3) is 2.88. The maximum Gasteiger partial charge on any atom is 0.279 e. The van der Waals surface area contributed by atoms with Crippen molar-refractivity contribution in [2.45, 2.75) is 26.8 Å². The van der Waals surface area contributed by atoms with Crippen molar-refractivity contribution in [1.82, 2.24) is 4.57 Å². The van der Waals surface area contributed by atoms with Gasteiger partial charge in [-0.1, -0.05) is 48.1 Å². The second-order valence-electron chi connectivity index (χ2n) is 5.29. The fourth-order valence-corrected chi connectivity index (χ4v) is 3.53. The van der Waals surface area contributed by atoms with Crippen molar-refractivity contribution in [3.05, 3.63) is 64.5 Å². The molecule has 112 valence electrons. The zero-order valence-electron chi connectivity index (χ0n) is 12.7. The maximum absolute atomic E-state index is 12.4. The van der Waals surface area contributed by atoms with Gasteiger partial charge in [-0.05, 0) is 37.6 Å². The summed E-state index contributed by atoms with van der Waals surface area (Å²) in [5.74, 6) is -0.180. The Morgan fingerprint density at radius 2 is 2.00 bits per heavy atom. The highest BCUT2D eigenvalue weighted by Crippen LogP contribution is 2.17. The van der Waals surface area contributed by atoms with E-state index >= 15 is 0 Å². The summed E-state index contributed by atoms with van der Waals surface area (Å²) in [6, 6.07) is 15.8. The zero-order valence-corrected chi connectivity index (χ0v) is 13.6. The third-order valence-corrected chi connectivity index (χ3v) is 4.56. The van der Waals surface area contributed by atoms with Gasteiger partial charge in [-0.2, -0.15) is 4.99 Å². The van der Waals surface area contributed by atoms with Crippen LogP contribution in [0.3, 0.4) is 0 Å². The van der Waals surface area contributed by atoms with E-state index in [1.165, 1.54) is 0 Å². The highest BCUT2D eigenvalue weighted by atomic mass is 32.1. The molecule has 0 radical (unpaired) electrons. The van der Waals surface area contributed by atoms with E-state index in [9.17, 15) is 4.79 Å². The average molecular weight is 310 g/mol. The molecule has 0 fully saturated rings. The van der Waals surface area contributed by atoms with Gasteiger partial charge in [-0.3, -0.25) is 4.79 Å². The minimum absolute atomic E-state index is 0.180. The second-order valence-corrected chi connectivity index (χ2v) is 6.30. The SMILES string of the molecule is CCCn1c(=NC(=O)c2cccc(C)c2)sc2ccccc21. The van der Waals surface area contributed by atoms with E-state index in [0.717, 1.165) is 33.5 Å². The summed E-state index contributed by atoms with van der Waals surface area (Å²) in [4.78, 5) is 17.6. The summed E-state index contributed by atoms with van der Waals surface area (Å²) < 4.78 is 3.29. The number of hydrogen-bond acceptors (Lipinski definition) is 2. The lowest BCUT2D eigenvalue weighted by atomic mass is 10.1. The van der Waals surface area contributed by atoms with Gasteiger partial charge in [0, 0.05) is 12.1 Å². The van der Waals surface area contributed by atoms with Crippen molar-refractivity contribution >= 4 is 27.5 Å². The maximum atomic E-state index is 12.4. The fraction of sp³-hybridized carbons (Fsp3) is 0.222. The van der Waals surface area contributed by atoms with Gasteiger partial charge in [-0.25, -0.2) is 0 Å². The molecule has 0 aliphatic rings. The fourth-order valence-electron chi connectivity index (χ4n) is 2.48. The molecule has 0 N–H and O–H groups in total. The number of nitrogens with zero attached hydrogens (tertiary/aromatic N) is 2. The number of para-hydroxylation sites is 1. The summed E-state index contributed by atoms with van der Waals surface area (Å²) >= 11 is 1.57. The average Bonchev–Trinajstić information content (AvgIpc) is 2.85. The van der Waals surface area contributed by atoms with Gasteiger partial charge in [0.25, 0.3) is 5.91 Å². The number of amides is 1. The van der Waals surface area contributed by atoms with Crippen molar-refractivity contribution in [3.63, 3.8) is 0 Å². The number of carbonyl (C=O) groups is 1. The number of aryl methyl sites for hydroxylation is 2. The van der Waals surface area contributed by atoms with Crippen LogP contribution in [-0.4, -0.2) is 10.5 Å². The van der Waals surface area contributed by atoms with Crippen LogP contribution in [0.15, 0.2) is 53.5 Å². The summed E-state index contributed by atoms with van der Waals surface area (Å²) in [6.45, 7) is 4.98. The van der Waals surface area contributed by atoms with Crippen molar-refractivity contribution in [1.29, 1.82) is 0 Å². The zero-order chi connectivity index (χ0) is 15.5. The molecule has 4 heteroatoms. The minimum Gasteiger partial charge on any atom is -0.316 e. The molecule has 3 nitrogen and oxygen atoms in total. The predicted octanol–water partition coefficient (Wildman–Crippen LogP) is 4.16. The van der Waals surface area contributed by atoms with Crippen molar-refractivity contribution in [2.75, 3.05) is 0 Å². The Morgan fingerprint density at radius 3 is 2.77 bits per heavy atom.